The average molecular weight is 949 g/mol. The maximum atomic E-state index is 14.5. The number of fused-ring (bicyclic) bond motifs is 2. The van der Waals surface area contributed by atoms with Crippen molar-refractivity contribution in [2.75, 3.05) is 32.7 Å². The van der Waals surface area contributed by atoms with Crippen LogP contribution in [0.1, 0.15) is 62.1 Å². The number of carbonyl (C=O) groups is 8. The van der Waals surface area contributed by atoms with E-state index in [0.717, 1.165) is 0 Å². The van der Waals surface area contributed by atoms with Gasteiger partial charge < -0.3 is 58.5 Å². The van der Waals surface area contributed by atoms with Gasteiger partial charge in [-0.15, -0.1) is 0 Å². The fourth-order valence-electron chi connectivity index (χ4n) is 8.94. The number of rotatable bonds is 11. The zero-order chi connectivity index (χ0) is 49.5. The Hall–Kier alpha value is -7.35. The Labute approximate surface area is 401 Å². The first kappa shape index (κ1) is 51.0. The molecule has 0 spiro atoms. The summed E-state index contributed by atoms with van der Waals surface area (Å²) in [6, 6.07) is 18.4. The van der Waals surface area contributed by atoms with Crippen molar-refractivity contribution in [2.24, 2.45) is 22.2 Å². The van der Waals surface area contributed by atoms with Crippen LogP contribution in [0.2, 0.25) is 0 Å². The van der Waals surface area contributed by atoms with E-state index in [1.807, 2.05) is 6.07 Å². The molecule has 3 aromatic carbocycles. The van der Waals surface area contributed by atoms with Crippen LogP contribution in [0.5, 0.6) is 0 Å². The Balaban J connectivity index is 1.37. The van der Waals surface area contributed by atoms with Crippen molar-refractivity contribution in [1.82, 2.24) is 41.3 Å². The Morgan fingerprint density at radius 1 is 0.580 bits per heavy atom. The van der Waals surface area contributed by atoms with Crippen LogP contribution in [0, 0.1) is 0 Å². The van der Waals surface area contributed by atoms with Gasteiger partial charge in [0.2, 0.25) is 47.3 Å². The monoisotopic (exact) mass is 948 g/mol. The number of nitrogens with zero attached hydrogens (tertiary/aromatic N) is 4. The molecule has 8 amide bonds. The highest BCUT2D eigenvalue weighted by atomic mass is 16.2. The molecule has 3 aliphatic heterocycles. The highest BCUT2D eigenvalue weighted by molar-refractivity contribution is 5.99. The summed E-state index contributed by atoms with van der Waals surface area (Å²) in [4.78, 5) is 123. The van der Waals surface area contributed by atoms with E-state index in [9.17, 15) is 38.4 Å². The Morgan fingerprint density at radius 3 is 1.61 bits per heavy atom. The van der Waals surface area contributed by atoms with E-state index >= 15 is 0 Å². The number of guanidine groups is 1. The molecule has 3 saturated heterocycles. The van der Waals surface area contributed by atoms with Crippen molar-refractivity contribution in [3.63, 3.8) is 0 Å². The van der Waals surface area contributed by atoms with Gasteiger partial charge in [0.15, 0.2) is 5.96 Å². The van der Waals surface area contributed by atoms with E-state index in [4.69, 9.17) is 17.2 Å². The molecule has 20 nitrogen and oxygen atoms in total. The van der Waals surface area contributed by atoms with Gasteiger partial charge in [-0.1, -0.05) is 91.0 Å². The molecule has 3 fully saturated rings. The maximum Gasteiger partial charge on any atom is 0.246 e. The van der Waals surface area contributed by atoms with E-state index in [1.165, 1.54) is 21.6 Å². The summed E-state index contributed by atoms with van der Waals surface area (Å²) >= 11 is 0. The molecule has 3 aliphatic rings. The quantitative estimate of drug-likeness (QED) is 0.0652. The molecule has 0 bridgehead atoms. The van der Waals surface area contributed by atoms with Crippen LogP contribution in [-0.2, 0) is 57.7 Å². The van der Waals surface area contributed by atoms with Gasteiger partial charge in [0.1, 0.15) is 48.8 Å². The van der Waals surface area contributed by atoms with Crippen LogP contribution in [0.4, 0.5) is 0 Å². The summed E-state index contributed by atoms with van der Waals surface area (Å²) in [6.07, 6.45) is 1.84. The first-order valence-corrected chi connectivity index (χ1v) is 23.5. The Bertz CT molecular complexity index is 2320. The normalized spacial score (nSPS) is 24.8. The maximum absolute atomic E-state index is 14.5. The van der Waals surface area contributed by atoms with Crippen LogP contribution < -0.4 is 43.8 Å². The number of nitrogens with two attached hydrogens (primary N) is 3. The second-order valence-corrected chi connectivity index (χ2v) is 17.7. The lowest BCUT2D eigenvalue weighted by molar-refractivity contribution is -0.149. The van der Waals surface area contributed by atoms with Gasteiger partial charge in [0, 0.05) is 45.6 Å². The van der Waals surface area contributed by atoms with Crippen molar-refractivity contribution >= 4 is 53.2 Å². The van der Waals surface area contributed by atoms with Gasteiger partial charge in [0.05, 0.1) is 0 Å². The lowest BCUT2D eigenvalue weighted by Gasteiger charge is -2.33. The predicted octanol–water partition coefficient (Wildman–Crippen LogP) is -1.05. The zero-order valence-corrected chi connectivity index (χ0v) is 38.9. The molecule has 6 rings (SSSR count). The molecule has 0 unspecified atom stereocenters. The number of aliphatic imine (C=N–C) groups is 1. The van der Waals surface area contributed by atoms with Crippen LogP contribution in [0.3, 0.4) is 0 Å². The van der Waals surface area contributed by atoms with Crippen LogP contribution in [0.25, 0.3) is 0 Å². The fraction of sp³-hybridized carbons (Fsp3) is 0.449. The second kappa shape index (κ2) is 24.6. The summed E-state index contributed by atoms with van der Waals surface area (Å²) in [5.41, 5.74) is 19.2. The van der Waals surface area contributed by atoms with Crippen molar-refractivity contribution in [2.45, 2.75) is 107 Å². The third-order valence-electron chi connectivity index (χ3n) is 12.6. The van der Waals surface area contributed by atoms with E-state index in [1.54, 1.807) is 84.9 Å². The van der Waals surface area contributed by atoms with Crippen LogP contribution in [-0.4, -0.2) is 143 Å². The standard InChI is InChI=1S/C49H64N12O8/c1-31-47(68)59(29-34-18-9-4-10-19-34)30-41(62)60-24-13-22-40(60)48(69)61-25-12-21-39(61)46(67)55-35(20-11-23-53-49(51)52)42(63)56-36(26-32-14-5-2-6-15-32)43(64)57-37(27-33-16-7-3-8-17-33)44(65)58-38(28-50)45(66)54-31/h2-10,14-19,31,35-40H,11-13,20-30,50H2,1H3,(H,54,66)(H,55,67)(H,56,63)(H,57,64)(H,58,65)(H4,51,52,53)/t31-,35-,36-,37-,38-,39-,40+/m0/s1. The van der Waals surface area contributed by atoms with Gasteiger partial charge in [0.25, 0.3) is 0 Å². The molecule has 69 heavy (non-hydrogen) atoms. The first-order valence-electron chi connectivity index (χ1n) is 23.5. The zero-order valence-electron chi connectivity index (χ0n) is 38.9. The number of hydrogen-bond acceptors (Lipinski definition) is 10. The highest BCUT2D eigenvalue weighted by Gasteiger charge is 2.43. The average Bonchev–Trinajstić information content (AvgIpc) is 4.05. The van der Waals surface area contributed by atoms with Crippen LogP contribution in [0.15, 0.2) is 96.0 Å². The van der Waals surface area contributed by atoms with Crippen molar-refractivity contribution in [3.8, 4) is 0 Å². The van der Waals surface area contributed by atoms with E-state index in [-0.39, 0.29) is 64.4 Å². The molecule has 3 aromatic rings. The highest BCUT2D eigenvalue weighted by Crippen LogP contribution is 2.26. The van der Waals surface area contributed by atoms with Crippen molar-refractivity contribution in [1.29, 1.82) is 0 Å². The molecule has 0 aliphatic carbocycles. The molecule has 368 valence electrons. The molecule has 20 heteroatoms. The summed E-state index contributed by atoms with van der Waals surface area (Å²) in [6.45, 7) is 1.23. The van der Waals surface area contributed by atoms with Crippen LogP contribution >= 0.6 is 0 Å². The van der Waals surface area contributed by atoms with E-state index in [2.05, 4.69) is 31.6 Å². The number of carbonyl (C=O) groups excluding carboxylic acids is 8. The number of benzene rings is 3. The number of hydrogen-bond donors (Lipinski definition) is 8. The largest absolute Gasteiger partial charge is 0.370 e. The minimum Gasteiger partial charge on any atom is -0.370 e. The molecule has 11 N–H and O–H groups in total. The molecular weight excluding hydrogens is 885 g/mol. The second-order valence-electron chi connectivity index (χ2n) is 17.7. The molecule has 7 atom stereocenters. The summed E-state index contributed by atoms with van der Waals surface area (Å²) < 4.78 is 0. The molecule has 0 saturated carbocycles. The van der Waals surface area contributed by atoms with Gasteiger partial charge in [-0.2, -0.15) is 0 Å². The first-order chi connectivity index (χ1) is 33.2. The minimum absolute atomic E-state index is 0.00364. The minimum atomic E-state index is -1.37. The Kier molecular flexibility index (Phi) is 18.2. The molecule has 3 heterocycles. The summed E-state index contributed by atoms with van der Waals surface area (Å²) in [7, 11) is 0. The Morgan fingerprint density at radius 2 is 1.06 bits per heavy atom. The topological polar surface area (TPSA) is 297 Å². The van der Waals surface area contributed by atoms with Gasteiger partial charge in [-0.25, -0.2) is 0 Å². The lowest BCUT2D eigenvalue weighted by atomic mass is 10.0. The third kappa shape index (κ3) is 14.1. The molecular formula is C49H64N12O8. The van der Waals surface area contributed by atoms with E-state index in [0.29, 0.717) is 42.4 Å². The fourth-order valence-corrected chi connectivity index (χ4v) is 8.94. The van der Waals surface area contributed by atoms with Gasteiger partial charge in [-0.3, -0.25) is 43.3 Å². The smallest absolute Gasteiger partial charge is 0.246 e. The van der Waals surface area contributed by atoms with Gasteiger partial charge >= 0.3 is 0 Å². The van der Waals surface area contributed by atoms with Crippen molar-refractivity contribution < 1.29 is 38.4 Å². The summed E-state index contributed by atoms with van der Waals surface area (Å²) in [5.74, 6) is -5.29. The van der Waals surface area contributed by atoms with Gasteiger partial charge in [-0.05, 0) is 62.1 Å². The van der Waals surface area contributed by atoms with Crippen molar-refractivity contribution in [3.05, 3.63) is 108 Å². The summed E-state index contributed by atoms with van der Waals surface area (Å²) in [5, 5.41) is 13.8. The SMILES string of the molecule is C[C@@H]1NC(=O)[C@H](CN)NC(=O)[C@H](Cc2ccccc2)NC(=O)[C@H](Cc2ccccc2)NC(=O)[C@H](CCCN=C(N)N)NC(=O)[C@@H]2CCCN2C(=O)[C@H]2CCCN2C(=O)CN(Cc2ccccc2)C1=O. The van der Waals surface area contributed by atoms with E-state index < -0.39 is 96.1 Å². The lowest BCUT2D eigenvalue weighted by Crippen LogP contribution is -2.61. The third-order valence-corrected chi connectivity index (χ3v) is 12.6. The predicted molar refractivity (Wildman–Crippen MR) is 256 cm³/mol. The molecule has 0 aromatic heterocycles. The molecule has 0 radical (unpaired) electrons. The number of amides is 8. The number of nitrogens with one attached hydrogen (secondary N) is 5.